The van der Waals surface area contributed by atoms with E-state index < -0.39 is 0 Å². The Hall–Kier alpha value is -1.06. The Morgan fingerprint density at radius 3 is 3.07 bits per heavy atom. The number of benzene rings is 1. The normalized spacial score (nSPS) is 29.7. The highest BCUT2D eigenvalue weighted by atomic mass is 16.6. The van der Waals surface area contributed by atoms with Crippen molar-refractivity contribution in [2.45, 2.75) is 18.6 Å². The highest BCUT2D eigenvalue weighted by molar-refractivity contribution is 5.41. The number of phenols is 1. The fourth-order valence-electron chi connectivity index (χ4n) is 2.31. The van der Waals surface area contributed by atoms with Crippen molar-refractivity contribution in [1.82, 2.24) is 0 Å². The summed E-state index contributed by atoms with van der Waals surface area (Å²) in [6, 6.07) is 5.45. The van der Waals surface area contributed by atoms with E-state index in [1.54, 1.807) is 12.1 Å². The van der Waals surface area contributed by atoms with Gasteiger partial charge in [-0.1, -0.05) is 6.07 Å². The SMILES string of the molecule is Oc1ccc2c(c1)COC21CCOC1. The molecule has 0 radical (unpaired) electrons. The van der Waals surface area contributed by atoms with Gasteiger partial charge >= 0.3 is 0 Å². The van der Waals surface area contributed by atoms with Crippen LogP contribution in [0.5, 0.6) is 5.75 Å². The van der Waals surface area contributed by atoms with Crippen molar-refractivity contribution in [1.29, 1.82) is 0 Å². The van der Waals surface area contributed by atoms with Gasteiger partial charge in [0.1, 0.15) is 11.4 Å². The molecule has 3 rings (SSSR count). The van der Waals surface area contributed by atoms with E-state index >= 15 is 0 Å². The zero-order valence-corrected chi connectivity index (χ0v) is 7.82. The van der Waals surface area contributed by atoms with Gasteiger partial charge in [0.2, 0.25) is 0 Å². The van der Waals surface area contributed by atoms with Crippen molar-refractivity contribution in [3.05, 3.63) is 29.3 Å². The van der Waals surface area contributed by atoms with E-state index in [9.17, 15) is 5.11 Å². The third-order valence-corrected chi connectivity index (χ3v) is 3.07. The van der Waals surface area contributed by atoms with Gasteiger partial charge < -0.3 is 14.6 Å². The molecule has 1 aromatic carbocycles. The molecule has 3 heteroatoms. The van der Waals surface area contributed by atoms with Crippen LogP contribution in [0.25, 0.3) is 0 Å². The van der Waals surface area contributed by atoms with Crippen LogP contribution < -0.4 is 0 Å². The van der Waals surface area contributed by atoms with Gasteiger partial charge in [-0.25, -0.2) is 0 Å². The number of ether oxygens (including phenoxy) is 2. The van der Waals surface area contributed by atoms with Crippen LogP contribution in [-0.2, 0) is 21.7 Å². The lowest BCUT2D eigenvalue weighted by molar-refractivity contribution is -0.0421. The summed E-state index contributed by atoms with van der Waals surface area (Å²) in [7, 11) is 0. The highest BCUT2D eigenvalue weighted by Gasteiger charge is 2.43. The quantitative estimate of drug-likeness (QED) is 0.677. The third-order valence-electron chi connectivity index (χ3n) is 3.07. The lowest BCUT2D eigenvalue weighted by Gasteiger charge is -2.21. The van der Waals surface area contributed by atoms with Crippen molar-refractivity contribution < 1.29 is 14.6 Å². The van der Waals surface area contributed by atoms with Gasteiger partial charge in [-0.2, -0.15) is 0 Å². The molecule has 2 aliphatic heterocycles. The zero-order chi connectivity index (χ0) is 9.60. The number of aromatic hydroxyl groups is 1. The molecular weight excluding hydrogens is 180 g/mol. The van der Waals surface area contributed by atoms with E-state index in [-0.39, 0.29) is 5.60 Å². The van der Waals surface area contributed by atoms with Crippen molar-refractivity contribution in [2.24, 2.45) is 0 Å². The summed E-state index contributed by atoms with van der Waals surface area (Å²) in [6.45, 7) is 2.00. The van der Waals surface area contributed by atoms with Crippen LogP contribution >= 0.6 is 0 Å². The van der Waals surface area contributed by atoms with Crippen molar-refractivity contribution in [2.75, 3.05) is 13.2 Å². The van der Waals surface area contributed by atoms with Gasteiger partial charge in [0, 0.05) is 13.0 Å². The average Bonchev–Trinajstić information content (AvgIpc) is 2.77. The number of phenolic OH excluding ortho intramolecular Hbond substituents is 1. The van der Waals surface area contributed by atoms with E-state index in [0.717, 1.165) is 18.6 Å². The molecule has 0 amide bonds. The van der Waals surface area contributed by atoms with Crippen LogP contribution in [0.2, 0.25) is 0 Å². The van der Waals surface area contributed by atoms with E-state index in [0.29, 0.717) is 19.0 Å². The molecule has 0 bridgehead atoms. The van der Waals surface area contributed by atoms with Crippen LogP contribution in [0, 0.1) is 0 Å². The van der Waals surface area contributed by atoms with E-state index in [4.69, 9.17) is 9.47 Å². The fraction of sp³-hybridized carbons (Fsp3) is 0.455. The van der Waals surface area contributed by atoms with Crippen molar-refractivity contribution >= 4 is 0 Å². The molecule has 0 aromatic heterocycles. The van der Waals surface area contributed by atoms with Gasteiger partial charge in [0.15, 0.2) is 0 Å². The maximum Gasteiger partial charge on any atom is 0.119 e. The molecule has 1 fully saturated rings. The smallest absolute Gasteiger partial charge is 0.119 e. The first kappa shape index (κ1) is 8.26. The minimum absolute atomic E-state index is 0.219. The van der Waals surface area contributed by atoms with Crippen LogP contribution in [0.1, 0.15) is 17.5 Å². The van der Waals surface area contributed by atoms with Gasteiger partial charge in [-0.15, -0.1) is 0 Å². The monoisotopic (exact) mass is 192 g/mol. The topological polar surface area (TPSA) is 38.7 Å². The molecule has 2 aliphatic rings. The molecular formula is C11H12O3. The Labute approximate surface area is 82.3 Å². The summed E-state index contributed by atoms with van der Waals surface area (Å²) in [5.41, 5.74) is 2.06. The Morgan fingerprint density at radius 1 is 1.36 bits per heavy atom. The summed E-state index contributed by atoms with van der Waals surface area (Å²) in [4.78, 5) is 0. The predicted octanol–water partition coefficient (Wildman–Crippen LogP) is 1.54. The molecule has 1 spiro atoms. The zero-order valence-electron chi connectivity index (χ0n) is 7.82. The number of rotatable bonds is 0. The summed E-state index contributed by atoms with van der Waals surface area (Å²) < 4.78 is 11.2. The first-order valence-corrected chi connectivity index (χ1v) is 4.84. The first-order valence-electron chi connectivity index (χ1n) is 4.84. The summed E-state index contributed by atoms with van der Waals surface area (Å²) >= 11 is 0. The molecule has 1 saturated heterocycles. The molecule has 1 atom stereocenters. The molecule has 3 nitrogen and oxygen atoms in total. The van der Waals surface area contributed by atoms with Crippen LogP contribution in [0.3, 0.4) is 0 Å². The minimum Gasteiger partial charge on any atom is -0.508 e. The Balaban J connectivity index is 2.09. The van der Waals surface area contributed by atoms with Gasteiger partial charge in [-0.3, -0.25) is 0 Å². The second-order valence-electron chi connectivity index (χ2n) is 3.93. The molecule has 1 N–H and O–H groups in total. The number of fused-ring (bicyclic) bond motifs is 2. The van der Waals surface area contributed by atoms with E-state index in [1.807, 2.05) is 6.07 Å². The summed E-state index contributed by atoms with van der Waals surface area (Å²) in [5.74, 6) is 0.309. The van der Waals surface area contributed by atoms with Gasteiger partial charge in [0.05, 0.1) is 13.2 Å². The molecule has 0 aliphatic carbocycles. The molecule has 1 unspecified atom stereocenters. The number of hydrogen-bond donors (Lipinski definition) is 1. The predicted molar refractivity (Wildman–Crippen MR) is 50.0 cm³/mol. The lowest BCUT2D eigenvalue weighted by Crippen LogP contribution is -2.24. The van der Waals surface area contributed by atoms with E-state index in [2.05, 4.69) is 0 Å². The fourth-order valence-corrected chi connectivity index (χ4v) is 2.31. The molecule has 2 heterocycles. The van der Waals surface area contributed by atoms with Crippen LogP contribution in [0.4, 0.5) is 0 Å². The summed E-state index contributed by atoms with van der Waals surface area (Å²) in [6.07, 6.45) is 0.921. The lowest BCUT2D eigenvalue weighted by atomic mass is 9.92. The Bertz CT molecular complexity index is 367. The third kappa shape index (κ3) is 0.996. The molecule has 1 aromatic rings. The van der Waals surface area contributed by atoms with Crippen LogP contribution in [0.15, 0.2) is 18.2 Å². The average molecular weight is 192 g/mol. The standard InChI is InChI=1S/C11H12O3/c12-9-1-2-10-8(5-9)6-14-11(10)3-4-13-7-11/h1-2,5,12H,3-4,6-7H2. The Kier molecular flexibility index (Phi) is 1.60. The minimum atomic E-state index is -0.219. The summed E-state index contributed by atoms with van der Waals surface area (Å²) in [5, 5.41) is 9.34. The van der Waals surface area contributed by atoms with Crippen molar-refractivity contribution in [3.63, 3.8) is 0 Å². The van der Waals surface area contributed by atoms with E-state index in [1.165, 1.54) is 5.56 Å². The van der Waals surface area contributed by atoms with Crippen LogP contribution in [-0.4, -0.2) is 18.3 Å². The largest absolute Gasteiger partial charge is 0.508 e. The maximum absolute atomic E-state index is 9.34. The first-order chi connectivity index (χ1) is 6.80. The highest BCUT2D eigenvalue weighted by Crippen LogP contribution is 2.43. The Morgan fingerprint density at radius 2 is 2.29 bits per heavy atom. The molecule has 14 heavy (non-hydrogen) atoms. The molecule has 74 valence electrons. The second kappa shape index (κ2) is 2.72. The molecule has 0 saturated carbocycles. The van der Waals surface area contributed by atoms with Crippen molar-refractivity contribution in [3.8, 4) is 5.75 Å². The number of hydrogen-bond acceptors (Lipinski definition) is 3. The van der Waals surface area contributed by atoms with Gasteiger partial charge in [-0.05, 0) is 23.3 Å². The van der Waals surface area contributed by atoms with Gasteiger partial charge in [0.25, 0.3) is 0 Å². The maximum atomic E-state index is 9.34. The second-order valence-corrected chi connectivity index (χ2v) is 3.93.